The number of hydrogen-bond acceptors (Lipinski definition) is 1. The smallest absolute Gasteiger partial charge is 0.335 e. The van der Waals surface area contributed by atoms with Crippen LogP contribution >= 0.6 is 0 Å². The minimum atomic E-state index is -0.913. The molecule has 0 saturated carbocycles. The topological polar surface area (TPSA) is 37.3 Å². The second kappa shape index (κ2) is 3.72. The number of carboxylic acid groups (broad SMARTS) is 1. The van der Waals surface area contributed by atoms with Gasteiger partial charge in [0, 0.05) is 6.42 Å². The Bertz CT molecular complexity index is 302. The molecule has 2 heteroatoms. The molecular weight excluding hydrogens is 154 g/mol. The number of carboxylic acids is 1. The van der Waals surface area contributed by atoms with Crippen molar-refractivity contribution in [3.8, 4) is 0 Å². The summed E-state index contributed by atoms with van der Waals surface area (Å²) < 4.78 is 0. The highest BCUT2D eigenvalue weighted by atomic mass is 16.4. The van der Waals surface area contributed by atoms with Gasteiger partial charge in [0.15, 0.2) is 0 Å². The molecule has 0 fully saturated rings. The Morgan fingerprint density at radius 1 is 1.58 bits per heavy atom. The first-order valence-electron chi connectivity index (χ1n) is 3.54. The average molecular weight is 163 g/mol. The molecule has 61 valence electrons. The standard InChI is InChI=1S/C10H9O2/c1-2-5-8-6-3-4-7-9(8)10(11)12/h2-7H,1H2,(H,11,12)/i8+2. The summed E-state index contributed by atoms with van der Waals surface area (Å²) in [4.78, 5) is 10.6. The van der Waals surface area contributed by atoms with Crippen molar-refractivity contribution in [2.45, 2.75) is 0 Å². The molecule has 0 saturated heterocycles. The molecule has 0 aromatic heterocycles. The van der Waals surface area contributed by atoms with E-state index >= 15 is 0 Å². The minimum absolute atomic E-state index is 0.303. The van der Waals surface area contributed by atoms with Gasteiger partial charge in [-0.2, -0.15) is 0 Å². The Morgan fingerprint density at radius 3 is 2.92 bits per heavy atom. The molecule has 0 bridgehead atoms. The number of aromatic carboxylic acids is 1. The molecule has 0 spiro atoms. The number of carbonyl (C=O) groups is 1. The van der Waals surface area contributed by atoms with E-state index in [9.17, 15) is 4.79 Å². The van der Waals surface area contributed by atoms with Crippen LogP contribution < -0.4 is 0 Å². The van der Waals surface area contributed by atoms with Gasteiger partial charge in [-0.25, -0.2) is 4.79 Å². The van der Waals surface area contributed by atoms with E-state index in [2.05, 4.69) is 6.58 Å². The van der Waals surface area contributed by atoms with Gasteiger partial charge in [0.05, 0.1) is 5.56 Å². The maximum absolute atomic E-state index is 10.6. The van der Waals surface area contributed by atoms with E-state index in [1.165, 1.54) is 0 Å². The van der Waals surface area contributed by atoms with Gasteiger partial charge in [-0.05, 0) is 11.6 Å². The van der Waals surface area contributed by atoms with Crippen molar-refractivity contribution in [3.05, 3.63) is 54.5 Å². The lowest BCUT2D eigenvalue weighted by Gasteiger charge is -2.00. The van der Waals surface area contributed by atoms with Crippen LogP contribution in [-0.2, 0) is 0 Å². The van der Waals surface area contributed by atoms with Crippen molar-refractivity contribution in [2.75, 3.05) is 0 Å². The molecule has 0 aliphatic heterocycles. The third kappa shape index (κ3) is 1.72. The summed E-state index contributed by atoms with van der Waals surface area (Å²) in [6.07, 6.45) is 3.24. The first kappa shape index (κ1) is 8.53. The summed E-state index contributed by atoms with van der Waals surface area (Å²) in [6, 6.07) is 6.80. The molecule has 0 amide bonds. The Morgan fingerprint density at radius 2 is 2.33 bits per heavy atom. The predicted molar refractivity (Wildman–Crippen MR) is 47.0 cm³/mol. The highest BCUT2D eigenvalue weighted by Gasteiger charge is 2.06. The SMILES string of the molecule is C=C[CH][14c]1ccccc1C(=O)O. The van der Waals surface area contributed by atoms with Crippen molar-refractivity contribution >= 4 is 5.97 Å². The summed E-state index contributed by atoms with van der Waals surface area (Å²) >= 11 is 0. The normalized spacial score (nSPS) is 9.33. The van der Waals surface area contributed by atoms with Gasteiger partial charge in [-0.15, -0.1) is 6.58 Å². The van der Waals surface area contributed by atoms with Gasteiger partial charge in [0.1, 0.15) is 0 Å². The number of benzene rings is 1. The fraction of sp³-hybridized carbons (Fsp3) is 0. The fourth-order valence-electron chi connectivity index (χ4n) is 0.964. The monoisotopic (exact) mass is 163 g/mol. The predicted octanol–water partition coefficient (Wildman–Crippen LogP) is 2.12. The van der Waals surface area contributed by atoms with Crippen LogP contribution in [0.25, 0.3) is 0 Å². The maximum Gasteiger partial charge on any atom is 0.335 e. The van der Waals surface area contributed by atoms with Crippen LogP contribution in [0, 0.1) is 6.42 Å². The van der Waals surface area contributed by atoms with Crippen molar-refractivity contribution in [1.29, 1.82) is 0 Å². The van der Waals surface area contributed by atoms with E-state index in [1.54, 1.807) is 36.8 Å². The fourth-order valence-corrected chi connectivity index (χ4v) is 0.964. The molecule has 12 heavy (non-hydrogen) atoms. The Hall–Kier alpha value is -1.57. The Kier molecular flexibility index (Phi) is 2.64. The lowest BCUT2D eigenvalue weighted by molar-refractivity contribution is 0.0696. The molecule has 0 heterocycles. The summed E-state index contributed by atoms with van der Waals surface area (Å²) in [5, 5.41) is 8.74. The summed E-state index contributed by atoms with van der Waals surface area (Å²) in [5.74, 6) is -0.913. The van der Waals surface area contributed by atoms with Crippen LogP contribution in [0.5, 0.6) is 0 Å². The van der Waals surface area contributed by atoms with Crippen LogP contribution in [0.4, 0.5) is 0 Å². The first-order chi connectivity index (χ1) is 5.75. The minimum Gasteiger partial charge on any atom is -0.478 e. The van der Waals surface area contributed by atoms with E-state index in [0.717, 1.165) is 0 Å². The molecule has 0 unspecified atom stereocenters. The van der Waals surface area contributed by atoms with Crippen molar-refractivity contribution in [3.63, 3.8) is 0 Å². The second-order valence-corrected chi connectivity index (χ2v) is 2.29. The molecule has 1 N–H and O–H groups in total. The van der Waals surface area contributed by atoms with Gasteiger partial charge in [0.25, 0.3) is 0 Å². The van der Waals surface area contributed by atoms with E-state index < -0.39 is 5.97 Å². The van der Waals surface area contributed by atoms with E-state index in [1.807, 2.05) is 0 Å². The van der Waals surface area contributed by atoms with Crippen LogP contribution in [0.3, 0.4) is 0 Å². The molecule has 2 nitrogen and oxygen atoms in total. The summed E-state index contributed by atoms with van der Waals surface area (Å²) in [7, 11) is 0. The zero-order valence-electron chi connectivity index (χ0n) is 6.53. The lowest BCUT2D eigenvalue weighted by Crippen LogP contribution is -1.99. The van der Waals surface area contributed by atoms with Crippen molar-refractivity contribution in [2.24, 2.45) is 0 Å². The van der Waals surface area contributed by atoms with Gasteiger partial charge in [0.2, 0.25) is 0 Å². The van der Waals surface area contributed by atoms with Crippen LogP contribution in [0.2, 0.25) is 0 Å². The van der Waals surface area contributed by atoms with Crippen LogP contribution in [0.1, 0.15) is 15.9 Å². The Balaban J connectivity index is 3.07. The zero-order chi connectivity index (χ0) is 8.97. The first-order valence-corrected chi connectivity index (χ1v) is 3.54. The molecular formula is C10H9O2. The highest BCUT2D eigenvalue weighted by molar-refractivity contribution is 5.90. The number of rotatable bonds is 3. The van der Waals surface area contributed by atoms with E-state index in [0.29, 0.717) is 11.1 Å². The van der Waals surface area contributed by atoms with E-state index in [-0.39, 0.29) is 0 Å². The van der Waals surface area contributed by atoms with Crippen molar-refractivity contribution in [1.82, 2.24) is 0 Å². The molecule has 1 aromatic rings. The van der Waals surface area contributed by atoms with Crippen LogP contribution in [-0.4, -0.2) is 11.1 Å². The molecule has 0 atom stereocenters. The van der Waals surface area contributed by atoms with Gasteiger partial charge in [-0.3, -0.25) is 0 Å². The largest absolute Gasteiger partial charge is 0.478 e. The second-order valence-electron chi connectivity index (χ2n) is 2.29. The lowest BCUT2D eigenvalue weighted by atomic mass is 10.3. The van der Waals surface area contributed by atoms with Gasteiger partial charge < -0.3 is 5.11 Å². The van der Waals surface area contributed by atoms with Crippen molar-refractivity contribution < 1.29 is 9.90 Å². The average Bonchev–Trinajstić information content (AvgIpc) is 2.05. The molecule has 0 aliphatic rings. The van der Waals surface area contributed by atoms with Gasteiger partial charge >= 0.3 is 5.97 Å². The van der Waals surface area contributed by atoms with Crippen LogP contribution in [0.15, 0.2) is 36.9 Å². The summed E-state index contributed by atoms with van der Waals surface area (Å²) in [6.45, 7) is 3.51. The van der Waals surface area contributed by atoms with Gasteiger partial charge in [-0.1, -0.05) is 24.3 Å². The maximum atomic E-state index is 10.6. The zero-order valence-corrected chi connectivity index (χ0v) is 6.53. The molecule has 1 rings (SSSR count). The number of allylic oxidation sites excluding steroid dienone is 1. The quantitative estimate of drug-likeness (QED) is 0.741. The molecule has 1 aromatic carbocycles. The summed E-state index contributed by atoms with van der Waals surface area (Å²) in [5.41, 5.74) is 0.984. The van der Waals surface area contributed by atoms with E-state index in [4.69, 9.17) is 5.11 Å². The number of hydrogen-bond donors (Lipinski definition) is 1. The third-order valence-electron chi connectivity index (χ3n) is 1.49. The molecule has 1 radical (unpaired) electrons. The molecule has 0 aliphatic carbocycles. The highest BCUT2D eigenvalue weighted by Crippen LogP contribution is 2.10. The Labute approximate surface area is 71.2 Å². The third-order valence-corrected chi connectivity index (χ3v) is 1.49.